The second-order valence-electron chi connectivity index (χ2n) is 1.65. The molecule has 54 valence electrons. The maximum Gasteiger partial charge on any atom is 0.119 e. The van der Waals surface area contributed by atoms with Crippen LogP contribution in [0.15, 0.2) is 23.6 Å². The minimum atomic E-state index is -0.429. The lowest BCUT2D eigenvalue weighted by Gasteiger charge is -1.89. The minimum absolute atomic E-state index is 0.246. The summed E-state index contributed by atoms with van der Waals surface area (Å²) < 4.78 is 12.3. The molecule has 0 aromatic heterocycles. The molecule has 0 heterocycles. The molecule has 10 heavy (non-hydrogen) atoms. The van der Waals surface area contributed by atoms with Gasteiger partial charge in [0, 0.05) is 5.57 Å². The molecule has 1 N–H and O–H groups in total. The normalized spacial score (nSPS) is 13.0. The van der Waals surface area contributed by atoms with Crippen molar-refractivity contribution in [3.63, 3.8) is 0 Å². The van der Waals surface area contributed by atoms with Gasteiger partial charge in [0.2, 0.25) is 0 Å². The number of halogens is 1. The smallest absolute Gasteiger partial charge is 0.119 e. The number of aliphatic hydroxyl groups excluding tert-OH is 1. The topological polar surface area (TPSA) is 20.2 Å². The zero-order chi connectivity index (χ0) is 7.98. The van der Waals surface area contributed by atoms with Crippen LogP contribution in [0.4, 0.5) is 4.39 Å². The van der Waals surface area contributed by atoms with Gasteiger partial charge in [-0.15, -0.1) is 6.42 Å². The average Bonchev–Trinajstić information content (AvgIpc) is 1.99. The summed E-state index contributed by atoms with van der Waals surface area (Å²) in [5.74, 6) is 1.72. The molecule has 0 fully saturated rings. The van der Waals surface area contributed by atoms with E-state index >= 15 is 0 Å². The van der Waals surface area contributed by atoms with Crippen LogP contribution in [-0.2, 0) is 0 Å². The summed E-state index contributed by atoms with van der Waals surface area (Å²) in [5, 5.41) is 8.47. The van der Waals surface area contributed by atoms with Crippen LogP contribution in [0.3, 0.4) is 0 Å². The fraction of sp³-hybridized carbons (Fsp3) is 0.250. The van der Waals surface area contributed by atoms with Crippen LogP contribution in [0, 0.1) is 12.3 Å². The summed E-state index contributed by atoms with van der Waals surface area (Å²) in [6.45, 7) is 1.26. The molecule has 0 aromatic rings. The highest BCUT2D eigenvalue weighted by Crippen LogP contribution is 2.01. The second-order valence-corrected chi connectivity index (χ2v) is 1.65. The molecule has 0 amide bonds. The SMILES string of the molecule is C#C/C(=C\C(F)=C/C)CO. The third-order valence-corrected chi connectivity index (χ3v) is 0.944. The van der Waals surface area contributed by atoms with E-state index in [1.807, 2.05) is 0 Å². The van der Waals surface area contributed by atoms with E-state index in [4.69, 9.17) is 11.5 Å². The fourth-order valence-electron chi connectivity index (χ4n) is 0.383. The standard InChI is InChI=1S/C8H9FO/c1-3-7(6-10)5-8(9)4-2/h1,4-5,10H,6H2,2H3/b7-5+,8-4+. The van der Waals surface area contributed by atoms with Crippen LogP contribution in [0.25, 0.3) is 0 Å². The first-order valence-corrected chi connectivity index (χ1v) is 2.84. The number of rotatable bonds is 2. The van der Waals surface area contributed by atoms with E-state index in [1.165, 1.54) is 6.08 Å². The molecule has 0 aliphatic heterocycles. The van der Waals surface area contributed by atoms with E-state index in [2.05, 4.69) is 5.92 Å². The van der Waals surface area contributed by atoms with Crippen molar-refractivity contribution in [1.29, 1.82) is 0 Å². The van der Waals surface area contributed by atoms with E-state index in [1.54, 1.807) is 6.92 Å². The Hall–Kier alpha value is -1.07. The van der Waals surface area contributed by atoms with Gasteiger partial charge in [-0.3, -0.25) is 0 Å². The summed E-state index contributed by atoms with van der Waals surface area (Å²) in [6, 6.07) is 0. The highest BCUT2D eigenvalue weighted by atomic mass is 19.1. The van der Waals surface area contributed by atoms with Gasteiger partial charge in [0.15, 0.2) is 0 Å². The van der Waals surface area contributed by atoms with Crippen molar-refractivity contribution in [2.75, 3.05) is 6.61 Å². The predicted octanol–water partition coefficient (Wildman–Crippen LogP) is 1.41. The first-order valence-electron chi connectivity index (χ1n) is 2.84. The van der Waals surface area contributed by atoms with Crippen molar-refractivity contribution in [1.82, 2.24) is 0 Å². The molecule has 0 radical (unpaired) electrons. The maximum absolute atomic E-state index is 12.3. The number of hydrogen-bond acceptors (Lipinski definition) is 1. The van der Waals surface area contributed by atoms with Gasteiger partial charge in [-0.25, -0.2) is 4.39 Å². The quantitative estimate of drug-likeness (QED) is 0.454. The minimum Gasteiger partial charge on any atom is -0.391 e. The fourth-order valence-corrected chi connectivity index (χ4v) is 0.383. The first-order chi connectivity index (χ1) is 4.74. The van der Waals surface area contributed by atoms with Crippen LogP contribution < -0.4 is 0 Å². The molecule has 0 aliphatic rings. The maximum atomic E-state index is 12.3. The monoisotopic (exact) mass is 140 g/mol. The molecule has 0 bridgehead atoms. The molecule has 0 unspecified atom stereocenters. The van der Waals surface area contributed by atoms with Crippen molar-refractivity contribution in [3.8, 4) is 12.3 Å². The Morgan fingerprint density at radius 2 is 2.40 bits per heavy atom. The highest BCUT2D eigenvalue weighted by Gasteiger charge is 1.90. The molecule has 0 aliphatic carbocycles. The zero-order valence-corrected chi connectivity index (χ0v) is 5.76. The van der Waals surface area contributed by atoms with Crippen LogP contribution in [-0.4, -0.2) is 11.7 Å². The lowest BCUT2D eigenvalue weighted by Crippen LogP contribution is -1.85. The van der Waals surface area contributed by atoms with Gasteiger partial charge in [-0.05, 0) is 13.0 Å². The van der Waals surface area contributed by atoms with Crippen molar-refractivity contribution in [3.05, 3.63) is 23.6 Å². The van der Waals surface area contributed by atoms with Gasteiger partial charge in [0.1, 0.15) is 5.83 Å². The van der Waals surface area contributed by atoms with Crippen molar-refractivity contribution >= 4 is 0 Å². The highest BCUT2D eigenvalue weighted by molar-refractivity contribution is 5.31. The van der Waals surface area contributed by atoms with Crippen molar-refractivity contribution < 1.29 is 9.50 Å². The average molecular weight is 140 g/mol. The summed E-state index contributed by atoms with van der Waals surface area (Å²) in [4.78, 5) is 0. The van der Waals surface area contributed by atoms with Crippen molar-refractivity contribution in [2.45, 2.75) is 6.92 Å². The Balaban J connectivity index is 4.29. The Bertz CT molecular complexity index is 196. The Kier molecular flexibility index (Phi) is 4.26. The number of hydrogen-bond donors (Lipinski definition) is 1. The molecule has 0 rings (SSSR count). The third kappa shape index (κ3) is 3.06. The van der Waals surface area contributed by atoms with Gasteiger partial charge in [0.25, 0.3) is 0 Å². The lowest BCUT2D eigenvalue weighted by molar-refractivity contribution is 0.335. The van der Waals surface area contributed by atoms with E-state index in [9.17, 15) is 4.39 Å². The van der Waals surface area contributed by atoms with Crippen LogP contribution in [0.1, 0.15) is 6.92 Å². The van der Waals surface area contributed by atoms with Gasteiger partial charge in [-0.2, -0.15) is 0 Å². The number of allylic oxidation sites excluding steroid dienone is 3. The molecule has 0 atom stereocenters. The summed E-state index contributed by atoms with van der Waals surface area (Å²) in [7, 11) is 0. The van der Waals surface area contributed by atoms with Gasteiger partial charge >= 0.3 is 0 Å². The van der Waals surface area contributed by atoms with Gasteiger partial charge in [-0.1, -0.05) is 12.0 Å². The third-order valence-electron chi connectivity index (χ3n) is 0.944. The number of aliphatic hydroxyl groups is 1. The van der Waals surface area contributed by atoms with Crippen LogP contribution >= 0.6 is 0 Å². The molecule has 0 spiro atoms. The number of terminal acetylenes is 1. The van der Waals surface area contributed by atoms with E-state index in [0.717, 1.165) is 6.08 Å². The van der Waals surface area contributed by atoms with Crippen LogP contribution in [0.5, 0.6) is 0 Å². The molecule has 0 aromatic carbocycles. The van der Waals surface area contributed by atoms with E-state index < -0.39 is 5.83 Å². The lowest BCUT2D eigenvalue weighted by atomic mass is 10.2. The van der Waals surface area contributed by atoms with Crippen molar-refractivity contribution in [2.24, 2.45) is 0 Å². The molecule has 0 saturated heterocycles. The first kappa shape index (κ1) is 8.93. The Morgan fingerprint density at radius 3 is 2.70 bits per heavy atom. The largest absolute Gasteiger partial charge is 0.391 e. The second kappa shape index (κ2) is 4.78. The molecule has 2 heteroatoms. The van der Waals surface area contributed by atoms with E-state index in [-0.39, 0.29) is 12.2 Å². The van der Waals surface area contributed by atoms with Gasteiger partial charge < -0.3 is 5.11 Å². The van der Waals surface area contributed by atoms with E-state index in [0.29, 0.717) is 0 Å². The molecule has 0 saturated carbocycles. The summed E-state index contributed by atoms with van der Waals surface area (Å²) in [5.41, 5.74) is 0.246. The van der Waals surface area contributed by atoms with Gasteiger partial charge in [0.05, 0.1) is 6.61 Å². The molecule has 1 nitrogen and oxygen atoms in total. The Morgan fingerprint density at radius 1 is 1.80 bits per heavy atom. The molecular formula is C8H9FO. The Labute approximate surface area is 59.9 Å². The zero-order valence-electron chi connectivity index (χ0n) is 5.76. The predicted molar refractivity (Wildman–Crippen MR) is 38.9 cm³/mol. The summed E-state index contributed by atoms with van der Waals surface area (Å²) in [6.07, 6.45) is 7.31. The van der Waals surface area contributed by atoms with Crippen LogP contribution in [0.2, 0.25) is 0 Å². The summed E-state index contributed by atoms with van der Waals surface area (Å²) >= 11 is 0. The molecular weight excluding hydrogens is 131 g/mol.